The van der Waals surface area contributed by atoms with Gasteiger partial charge in [0.25, 0.3) is 5.91 Å². The number of carbonyl (C=O) groups is 2. The fourth-order valence-electron chi connectivity index (χ4n) is 7.44. The molecule has 1 amide bonds. The molecule has 0 aliphatic carbocycles. The molecule has 2 aromatic carbocycles. The van der Waals surface area contributed by atoms with E-state index in [1.807, 2.05) is 12.1 Å². The molecule has 2 aliphatic heterocycles. The minimum absolute atomic E-state index is 0.0168. The normalized spacial score (nSPS) is 17.2. The van der Waals surface area contributed by atoms with Gasteiger partial charge in [0.2, 0.25) is 11.2 Å². The summed E-state index contributed by atoms with van der Waals surface area (Å²) in [5.74, 6) is -4.61. The van der Waals surface area contributed by atoms with Crippen LogP contribution in [0.15, 0.2) is 85.5 Å². The molecule has 8 rings (SSSR count). The Balaban J connectivity index is 0.000000188. The van der Waals surface area contributed by atoms with E-state index in [1.54, 1.807) is 62.4 Å². The van der Waals surface area contributed by atoms with Crippen LogP contribution in [0.1, 0.15) is 94.7 Å². The van der Waals surface area contributed by atoms with Gasteiger partial charge in [-0.3, -0.25) is 14.8 Å². The minimum Gasteiger partial charge on any atom is -0.478 e. The van der Waals surface area contributed by atoms with Gasteiger partial charge in [-0.25, -0.2) is 23.5 Å². The van der Waals surface area contributed by atoms with Crippen LogP contribution >= 0.6 is 0 Å². The average molecular weight is 965 g/mol. The summed E-state index contributed by atoms with van der Waals surface area (Å²) in [6.45, 7) is 5.63. The molecular weight excluding hydrogens is 925 g/mol. The first-order valence-corrected chi connectivity index (χ1v) is 20.6. The quantitative estimate of drug-likeness (QED) is 0.118. The van der Waals surface area contributed by atoms with E-state index in [0.717, 1.165) is 19.3 Å². The van der Waals surface area contributed by atoms with Gasteiger partial charge >= 0.3 is 18.3 Å². The summed E-state index contributed by atoms with van der Waals surface area (Å²) < 4.78 is 109. The number of pyridine rings is 2. The molecule has 0 spiro atoms. The number of halogens is 8. The number of imidazole rings is 2. The number of carboxylic acid groups (broad SMARTS) is 1. The monoisotopic (exact) mass is 964 g/mol. The molecule has 4 N–H and O–H groups in total. The van der Waals surface area contributed by atoms with Crippen LogP contribution in [0.5, 0.6) is 0 Å². The summed E-state index contributed by atoms with van der Waals surface area (Å²) in [6, 6.07) is 18.4. The molecule has 0 saturated carbocycles. The van der Waals surface area contributed by atoms with Gasteiger partial charge in [0.05, 0.1) is 88.3 Å². The van der Waals surface area contributed by atoms with Gasteiger partial charge in [-0.05, 0) is 64.1 Å². The first kappa shape index (κ1) is 50.8. The molecule has 23 heteroatoms. The summed E-state index contributed by atoms with van der Waals surface area (Å²) in [7, 11) is 0. The molecule has 0 saturated heterocycles. The summed E-state index contributed by atoms with van der Waals surface area (Å²) in [6.07, 6.45) is -5.33. The SMILES string of the molecule is C[C@H]1CN(C(=O)c2cc(-c3ccc(C#N)cc3)ncc2F)Cc2cnc([C@@](C)(O)C(F)(F)F)n21.C[C@H]1CNCc2cnc([C@@](C)(O)C(F)(F)F)n21.N#Cc1ccc(-c2cc(C(=O)O)c(F)cn2)cc1. The van der Waals surface area contributed by atoms with Crippen LogP contribution in [-0.4, -0.2) is 86.6 Å². The van der Waals surface area contributed by atoms with E-state index in [-0.39, 0.29) is 36.2 Å². The topological polar surface area (TPSA) is 219 Å². The van der Waals surface area contributed by atoms with Crippen LogP contribution in [0.4, 0.5) is 35.1 Å². The van der Waals surface area contributed by atoms with Crippen molar-refractivity contribution in [3.05, 3.63) is 142 Å². The Morgan fingerprint density at radius 3 is 1.57 bits per heavy atom. The smallest absolute Gasteiger partial charge is 0.424 e. The van der Waals surface area contributed by atoms with E-state index in [9.17, 15) is 54.9 Å². The highest BCUT2D eigenvalue weighted by Gasteiger charge is 2.56. The van der Waals surface area contributed by atoms with Gasteiger partial charge in [0.1, 0.15) is 0 Å². The molecule has 0 radical (unpaired) electrons. The zero-order valence-corrected chi connectivity index (χ0v) is 36.8. The molecule has 6 aromatic rings. The lowest BCUT2D eigenvalue weighted by Crippen LogP contribution is -2.45. The number of aromatic nitrogens is 6. The molecule has 0 bridgehead atoms. The lowest BCUT2D eigenvalue weighted by atomic mass is 10.0. The van der Waals surface area contributed by atoms with E-state index >= 15 is 0 Å². The number of carboxylic acids is 1. The number of benzene rings is 2. The van der Waals surface area contributed by atoms with Crippen LogP contribution in [0, 0.1) is 34.3 Å². The van der Waals surface area contributed by atoms with Crippen LogP contribution in [-0.2, 0) is 24.3 Å². The van der Waals surface area contributed by atoms with Crippen LogP contribution in [0.25, 0.3) is 22.5 Å². The average Bonchev–Trinajstić information content (AvgIpc) is 3.96. The van der Waals surface area contributed by atoms with Gasteiger partial charge in [-0.2, -0.15) is 36.9 Å². The second-order valence-electron chi connectivity index (χ2n) is 16.3. The van der Waals surface area contributed by atoms with Gasteiger partial charge in [0, 0.05) is 43.0 Å². The molecule has 6 heterocycles. The van der Waals surface area contributed by atoms with Crippen molar-refractivity contribution >= 4 is 11.9 Å². The largest absolute Gasteiger partial charge is 0.478 e. The number of alkyl halides is 6. The van der Waals surface area contributed by atoms with Crippen molar-refractivity contribution in [3.8, 4) is 34.7 Å². The van der Waals surface area contributed by atoms with Crippen molar-refractivity contribution in [1.29, 1.82) is 10.5 Å². The minimum atomic E-state index is -4.94. The number of nitrogens with one attached hydrogen (secondary N) is 1. The van der Waals surface area contributed by atoms with Crippen molar-refractivity contribution in [2.45, 2.75) is 76.4 Å². The summed E-state index contributed by atoms with van der Waals surface area (Å²) >= 11 is 0. The third-order valence-corrected chi connectivity index (χ3v) is 11.3. The lowest BCUT2D eigenvalue weighted by Gasteiger charge is -2.36. The van der Waals surface area contributed by atoms with Gasteiger partial charge < -0.3 is 34.7 Å². The zero-order valence-electron chi connectivity index (χ0n) is 36.8. The molecule has 0 fully saturated rings. The number of amides is 1. The van der Waals surface area contributed by atoms with Crippen LogP contribution in [0.2, 0.25) is 0 Å². The van der Waals surface area contributed by atoms with Crippen molar-refractivity contribution in [2.24, 2.45) is 0 Å². The maximum Gasteiger partial charge on any atom is 0.424 e. The predicted molar refractivity (Wildman–Crippen MR) is 227 cm³/mol. The number of rotatable bonds is 6. The number of carbonyl (C=O) groups excluding carboxylic acids is 1. The molecular formula is C46H40F8N10O5. The number of fused-ring (bicyclic) bond motifs is 2. The Morgan fingerprint density at radius 1 is 0.681 bits per heavy atom. The Labute approximate surface area is 387 Å². The fraction of sp³-hybridized carbons (Fsp3) is 0.304. The van der Waals surface area contributed by atoms with E-state index in [4.69, 9.17) is 15.6 Å². The second kappa shape index (κ2) is 19.6. The third kappa shape index (κ3) is 10.5. The summed E-state index contributed by atoms with van der Waals surface area (Å²) in [5, 5.41) is 49.2. The number of hydrogen-bond acceptors (Lipinski definition) is 11. The van der Waals surface area contributed by atoms with Crippen molar-refractivity contribution in [3.63, 3.8) is 0 Å². The third-order valence-electron chi connectivity index (χ3n) is 11.3. The number of aromatic carboxylic acids is 1. The molecule has 0 unspecified atom stereocenters. The molecule has 69 heavy (non-hydrogen) atoms. The Morgan fingerprint density at radius 2 is 1.12 bits per heavy atom. The first-order valence-electron chi connectivity index (χ1n) is 20.6. The Bertz CT molecular complexity index is 2950. The highest BCUT2D eigenvalue weighted by Crippen LogP contribution is 2.41. The fourth-order valence-corrected chi connectivity index (χ4v) is 7.44. The van der Waals surface area contributed by atoms with Gasteiger partial charge in [-0.15, -0.1) is 0 Å². The first-order chi connectivity index (χ1) is 32.3. The summed E-state index contributed by atoms with van der Waals surface area (Å²) in [4.78, 5) is 40.7. The van der Waals surface area contributed by atoms with E-state index in [0.29, 0.717) is 59.3 Å². The highest BCUT2D eigenvalue weighted by atomic mass is 19.4. The molecule has 15 nitrogen and oxygen atoms in total. The molecule has 2 aliphatic rings. The summed E-state index contributed by atoms with van der Waals surface area (Å²) in [5.41, 5.74) is -3.02. The zero-order chi connectivity index (χ0) is 50.8. The lowest BCUT2D eigenvalue weighted by molar-refractivity contribution is -0.263. The van der Waals surface area contributed by atoms with Crippen molar-refractivity contribution < 1.29 is 60.0 Å². The van der Waals surface area contributed by atoms with Gasteiger partial charge in [0.15, 0.2) is 23.3 Å². The van der Waals surface area contributed by atoms with E-state index in [2.05, 4.69) is 25.3 Å². The predicted octanol–water partition coefficient (Wildman–Crippen LogP) is 7.72. The van der Waals surface area contributed by atoms with Gasteiger partial charge in [-0.1, -0.05) is 24.3 Å². The maximum absolute atomic E-state index is 14.6. The standard InChI is InChI=1S/C23H19F4N5O2.C13H7FN2O2.C10H14F3N3O/c1-13-11-31(12-16-9-30-21(32(13)16)22(2,34)23(25,26)27)20(33)17-7-19(29-10-18(17)24)15-5-3-14(8-28)4-6-15;14-11-7-16-12(5-10(11)13(17)18)9-3-1-8(6-15)2-4-9;1-6-3-14-4-7-5-15-8(16(6)7)9(2,17)10(11,12)13/h3-7,9-10,13,34H,11-12H2,1-2H3;1-5,7H,(H,17,18);5-6,14,17H,3-4H2,1-2H3/t13-,22+;;6-,9+/m0.0/s1. The Hall–Kier alpha value is -7.60. The van der Waals surface area contributed by atoms with E-state index in [1.165, 1.54) is 38.6 Å². The highest BCUT2D eigenvalue weighted by molar-refractivity contribution is 5.95. The Kier molecular flexibility index (Phi) is 14.4. The second-order valence-corrected chi connectivity index (χ2v) is 16.3. The molecule has 4 aromatic heterocycles. The maximum atomic E-state index is 14.6. The van der Waals surface area contributed by atoms with Crippen molar-refractivity contribution in [1.82, 2.24) is 39.3 Å². The number of nitrogens with zero attached hydrogens (tertiary/aromatic N) is 9. The van der Waals surface area contributed by atoms with Crippen LogP contribution < -0.4 is 5.32 Å². The molecule has 4 atom stereocenters. The number of hydrogen-bond donors (Lipinski definition) is 4. The van der Waals surface area contributed by atoms with E-state index < -0.39 is 64.5 Å². The number of aliphatic hydroxyl groups is 2. The van der Waals surface area contributed by atoms with Crippen molar-refractivity contribution in [2.75, 3.05) is 13.1 Å². The molecule has 360 valence electrons. The number of nitriles is 2. The van der Waals surface area contributed by atoms with Crippen LogP contribution in [0.3, 0.4) is 0 Å².